The molecule has 1 heterocycles. The van der Waals surface area contributed by atoms with Crippen LogP contribution in [0.5, 0.6) is 0 Å². The highest BCUT2D eigenvalue weighted by Crippen LogP contribution is 2.37. The first-order chi connectivity index (χ1) is 15.9. The number of anilines is 2. The number of amides is 2. The van der Waals surface area contributed by atoms with Crippen LogP contribution < -0.4 is 10.2 Å². The maximum Gasteiger partial charge on any atom is 0.416 e. The van der Waals surface area contributed by atoms with Gasteiger partial charge in [-0.1, -0.05) is 36.4 Å². The minimum absolute atomic E-state index is 0.146. The molecule has 0 bridgehead atoms. The Hall–Kier alpha value is -4.28. The Bertz CT molecular complexity index is 1230. The van der Waals surface area contributed by atoms with E-state index in [9.17, 15) is 22.4 Å². The number of urea groups is 1. The fourth-order valence-electron chi connectivity index (χ4n) is 3.30. The van der Waals surface area contributed by atoms with Crippen molar-refractivity contribution in [2.24, 2.45) is 0 Å². The Morgan fingerprint density at radius 2 is 1.67 bits per heavy atom. The van der Waals surface area contributed by atoms with Gasteiger partial charge >= 0.3 is 12.2 Å². The van der Waals surface area contributed by atoms with E-state index in [1.54, 1.807) is 48.5 Å². The summed E-state index contributed by atoms with van der Waals surface area (Å²) in [6, 6.07) is 17.3. The molecule has 0 saturated carbocycles. The summed E-state index contributed by atoms with van der Waals surface area (Å²) in [5, 5.41) is 16.0. The fourth-order valence-corrected chi connectivity index (χ4v) is 3.30. The van der Waals surface area contributed by atoms with Crippen LogP contribution >= 0.6 is 0 Å². The van der Waals surface area contributed by atoms with E-state index in [0.717, 1.165) is 12.1 Å². The molecule has 0 unspecified atom stereocenters. The molecular formula is C22H16F4N6O. The van der Waals surface area contributed by atoms with Crippen LogP contribution in [0.1, 0.15) is 5.56 Å². The summed E-state index contributed by atoms with van der Waals surface area (Å²) in [6.07, 6.45) is -4.45. The van der Waals surface area contributed by atoms with Gasteiger partial charge in [-0.15, -0.1) is 10.2 Å². The molecule has 0 radical (unpaired) electrons. The lowest BCUT2D eigenvalue weighted by atomic mass is 9.99. The number of nitrogens with zero attached hydrogens (tertiary/aromatic N) is 4. The molecule has 0 saturated heterocycles. The van der Waals surface area contributed by atoms with Crippen LogP contribution in [0.15, 0.2) is 72.8 Å². The maximum absolute atomic E-state index is 12.9. The summed E-state index contributed by atoms with van der Waals surface area (Å²) in [5.74, 6) is 0.146. The molecule has 0 atom stereocenters. The predicted octanol–water partition coefficient (Wildman–Crippen LogP) is 5.33. The molecule has 4 aromatic rings. The average Bonchev–Trinajstić information content (AvgIpc) is 3.35. The van der Waals surface area contributed by atoms with Crippen molar-refractivity contribution in [3.8, 4) is 22.5 Å². The Morgan fingerprint density at radius 1 is 0.970 bits per heavy atom. The lowest BCUT2D eigenvalue weighted by Crippen LogP contribution is -2.36. The van der Waals surface area contributed by atoms with Gasteiger partial charge in [-0.25, -0.2) is 9.18 Å². The van der Waals surface area contributed by atoms with E-state index in [1.807, 2.05) is 0 Å². The summed E-state index contributed by atoms with van der Waals surface area (Å²) >= 11 is 0. The number of nitrogens with one attached hydrogen (secondary N) is 2. The van der Waals surface area contributed by atoms with Gasteiger partial charge in [0.05, 0.1) is 16.9 Å². The molecule has 33 heavy (non-hydrogen) atoms. The number of halogens is 4. The van der Waals surface area contributed by atoms with Crippen LogP contribution in [0, 0.1) is 0 Å². The number of aromatic nitrogens is 4. The third-order valence-electron chi connectivity index (χ3n) is 4.80. The fraction of sp³-hybridized carbons (Fsp3) is 0.0909. The predicted molar refractivity (Wildman–Crippen MR) is 113 cm³/mol. The van der Waals surface area contributed by atoms with Crippen molar-refractivity contribution in [2.45, 2.75) is 6.18 Å². The van der Waals surface area contributed by atoms with Gasteiger partial charge in [0.2, 0.25) is 5.82 Å². The SMILES string of the molecule is O=C(NCF)N(c1ccccc1)c1ccc(-c2ccc(C(F)(F)F)cc2)cc1-c1nn[nH]n1. The normalized spacial score (nSPS) is 11.3. The van der Waals surface area contributed by atoms with E-state index in [2.05, 4.69) is 25.9 Å². The summed E-state index contributed by atoms with van der Waals surface area (Å²) in [7, 11) is 0. The van der Waals surface area contributed by atoms with Crippen molar-refractivity contribution in [1.82, 2.24) is 25.9 Å². The van der Waals surface area contributed by atoms with E-state index in [0.29, 0.717) is 28.1 Å². The van der Waals surface area contributed by atoms with Crippen molar-refractivity contribution >= 4 is 17.4 Å². The number of hydrogen-bond donors (Lipinski definition) is 2. The Kier molecular flexibility index (Phi) is 6.03. The Morgan fingerprint density at radius 3 is 2.27 bits per heavy atom. The van der Waals surface area contributed by atoms with Gasteiger partial charge in [0.1, 0.15) is 0 Å². The third kappa shape index (κ3) is 4.66. The van der Waals surface area contributed by atoms with Gasteiger partial charge in [-0.2, -0.15) is 18.4 Å². The van der Waals surface area contributed by atoms with E-state index in [-0.39, 0.29) is 5.82 Å². The van der Waals surface area contributed by atoms with Crippen molar-refractivity contribution < 1.29 is 22.4 Å². The number of hydrogen-bond acceptors (Lipinski definition) is 4. The molecule has 0 aliphatic heterocycles. The second-order valence-electron chi connectivity index (χ2n) is 6.83. The lowest BCUT2D eigenvalue weighted by molar-refractivity contribution is -0.137. The van der Waals surface area contributed by atoms with E-state index in [1.165, 1.54) is 17.0 Å². The number of para-hydroxylation sites is 1. The molecule has 11 heteroatoms. The molecule has 0 fully saturated rings. The Balaban J connectivity index is 1.84. The summed E-state index contributed by atoms with van der Waals surface area (Å²) < 4.78 is 51.7. The van der Waals surface area contributed by atoms with Crippen LogP contribution in [0.3, 0.4) is 0 Å². The quantitative estimate of drug-likeness (QED) is 0.314. The number of alkyl halides is 4. The molecule has 0 spiro atoms. The highest BCUT2D eigenvalue weighted by molar-refractivity contribution is 6.03. The molecule has 3 aromatic carbocycles. The molecule has 168 valence electrons. The summed E-state index contributed by atoms with van der Waals surface area (Å²) in [6.45, 7) is -1.08. The van der Waals surface area contributed by atoms with Gasteiger partial charge in [0.15, 0.2) is 6.80 Å². The topological polar surface area (TPSA) is 86.8 Å². The second kappa shape index (κ2) is 9.07. The molecule has 2 N–H and O–H groups in total. The molecule has 2 amide bonds. The molecular weight excluding hydrogens is 440 g/mol. The average molecular weight is 456 g/mol. The van der Waals surface area contributed by atoms with Crippen molar-refractivity contribution in [3.63, 3.8) is 0 Å². The van der Waals surface area contributed by atoms with Gasteiger partial charge in [0, 0.05) is 5.56 Å². The van der Waals surface area contributed by atoms with Crippen molar-refractivity contribution in [2.75, 3.05) is 11.7 Å². The zero-order chi connectivity index (χ0) is 23.4. The minimum atomic E-state index is -4.45. The van der Waals surface area contributed by atoms with Crippen molar-refractivity contribution in [3.05, 3.63) is 78.4 Å². The molecule has 1 aromatic heterocycles. The maximum atomic E-state index is 12.9. The molecule has 0 aliphatic rings. The third-order valence-corrected chi connectivity index (χ3v) is 4.80. The zero-order valence-electron chi connectivity index (χ0n) is 16.8. The van der Waals surface area contributed by atoms with E-state index in [4.69, 9.17) is 0 Å². The number of benzene rings is 3. The van der Waals surface area contributed by atoms with Gasteiger partial charge in [0.25, 0.3) is 0 Å². The molecule has 4 rings (SSSR count). The molecule has 7 nitrogen and oxygen atoms in total. The second-order valence-corrected chi connectivity index (χ2v) is 6.83. The standard InChI is InChI=1S/C22H16F4N6O/c23-13-27-21(33)32(17-4-2-1-3-5-17)19-11-8-15(12-18(19)20-28-30-31-29-20)14-6-9-16(10-7-14)22(24,25)26/h1-12H,13H2,(H,27,33)(H,28,29,30,31). The number of aromatic amines is 1. The first-order valence-electron chi connectivity index (χ1n) is 9.63. The van der Waals surface area contributed by atoms with Gasteiger partial charge < -0.3 is 5.32 Å². The Labute approximate surface area is 185 Å². The van der Waals surface area contributed by atoms with Crippen LogP contribution in [0.2, 0.25) is 0 Å². The smallest absolute Gasteiger partial charge is 0.310 e. The summed E-state index contributed by atoms with van der Waals surface area (Å²) in [5.41, 5.74) is 1.45. The number of rotatable bonds is 5. The largest absolute Gasteiger partial charge is 0.416 e. The van der Waals surface area contributed by atoms with Gasteiger partial charge in [-0.3, -0.25) is 4.90 Å². The highest BCUT2D eigenvalue weighted by Gasteiger charge is 2.30. The minimum Gasteiger partial charge on any atom is -0.310 e. The van der Waals surface area contributed by atoms with Crippen LogP contribution in [-0.2, 0) is 6.18 Å². The molecule has 0 aliphatic carbocycles. The van der Waals surface area contributed by atoms with Gasteiger partial charge in [-0.05, 0) is 52.7 Å². The van der Waals surface area contributed by atoms with E-state index >= 15 is 0 Å². The number of H-pyrrole nitrogens is 1. The first-order valence-corrected chi connectivity index (χ1v) is 9.63. The van der Waals surface area contributed by atoms with Crippen molar-refractivity contribution in [1.29, 1.82) is 0 Å². The lowest BCUT2D eigenvalue weighted by Gasteiger charge is -2.25. The first kappa shape index (κ1) is 21.9. The highest BCUT2D eigenvalue weighted by atomic mass is 19.4. The van der Waals surface area contributed by atoms with E-state index < -0.39 is 24.6 Å². The van der Waals surface area contributed by atoms with Crippen LogP contribution in [0.25, 0.3) is 22.5 Å². The zero-order valence-corrected chi connectivity index (χ0v) is 16.8. The number of carbonyl (C=O) groups excluding carboxylic acids is 1. The van der Waals surface area contributed by atoms with Crippen LogP contribution in [-0.4, -0.2) is 33.5 Å². The number of carbonyl (C=O) groups is 1. The summed E-state index contributed by atoms with van der Waals surface area (Å²) in [4.78, 5) is 14.0. The van der Waals surface area contributed by atoms with Crippen LogP contribution in [0.4, 0.5) is 33.7 Å². The number of tetrazole rings is 1. The monoisotopic (exact) mass is 456 g/mol.